The van der Waals surface area contributed by atoms with E-state index < -0.39 is 24.0 Å². The van der Waals surface area contributed by atoms with Gasteiger partial charge >= 0.3 is 5.97 Å². The van der Waals surface area contributed by atoms with Crippen LogP contribution in [0, 0.1) is 18.7 Å². The third-order valence-corrected chi connectivity index (χ3v) is 5.28. The van der Waals surface area contributed by atoms with E-state index in [1.165, 1.54) is 38.4 Å². The van der Waals surface area contributed by atoms with Gasteiger partial charge in [0, 0.05) is 18.2 Å². The van der Waals surface area contributed by atoms with Crippen molar-refractivity contribution in [2.45, 2.75) is 59.6 Å². The summed E-state index contributed by atoms with van der Waals surface area (Å²) in [7, 11) is 1.43. The number of hydrogen-bond acceptors (Lipinski definition) is 7. The first-order chi connectivity index (χ1) is 16.0. The van der Waals surface area contributed by atoms with Gasteiger partial charge in [0.1, 0.15) is 18.0 Å². The number of hydrogen-bond donors (Lipinski definition) is 1. The lowest BCUT2D eigenvalue weighted by molar-refractivity contribution is -0.215. The molecule has 8 nitrogen and oxygen atoms in total. The Morgan fingerprint density at radius 3 is 2.44 bits per heavy atom. The monoisotopic (exact) mass is 476 g/mol. The molecule has 0 saturated carbocycles. The predicted molar refractivity (Wildman–Crippen MR) is 124 cm³/mol. The van der Waals surface area contributed by atoms with Crippen LogP contribution in [-0.4, -0.2) is 42.7 Å². The van der Waals surface area contributed by atoms with Gasteiger partial charge in [-0.2, -0.15) is 4.89 Å². The summed E-state index contributed by atoms with van der Waals surface area (Å²) in [5.41, 5.74) is 1.56. The van der Waals surface area contributed by atoms with Gasteiger partial charge in [-0.3, -0.25) is 4.79 Å². The van der Waals surface area contributed by atoms with Crippen molar-refractivity contribution in [2.75, 3.05) is 13.7 Å². The zero-order valence-electron chi connectivity index (χ0n) is 20.7. The minimum Gasteiger partial charge on any atom is -0.493 e. The Labute approximate surface area is 199 Å². The topological polar surface area (TPSA) is 96.0 Å². The van der Waals surface area contributed by atoms with Gasteiger partial charge in [0.05, 0.1) is 13.7 Å². The molecule has 0 spiro atoms. The van der Waals surface area contributed by atoms with E-state index in [2.05, 4.69) is 10.3 Å². The quantitative estimate of drug-likeness (QED) is 0.292. The second-order valence-corrected chi connectivity index (χ2v) is 8.58. The third-order valence-electron chi connectivity index (χ3n) is 5.28. The van der Waals surface area contributed by atoms with E-state index in [0.717, 1.165) is 11.1 Å². The first-order valence-electron chi connectivity index (χ1n) is 11.1. The van der Waals surface area contributed by atoms with Crippen molar-refractivity contribution in [1.82, 2.24) is 10.3 Å². The van der Waals surface area contributed by atoms with Gasteiger partial charge in [0.15, 0.2) is 11.4 Å². The number of esters is 1. The zero-order chi connectivity index (χ0) is 25.4. The Kier molecular flexibility index (Phi) is 9.80. The summed E-state index contributed by atoms with van der Waals surface area (Å²) >= 11 is 0. The molecule has 3 atom stereocenters. The molecule has 0 aliphatic heterocycles. The van der Waals surface area contributed by atoms with E-state index in [1.807, 2.05) is 20.8 Å². The number of nitrogens with zero attached hydrogens (tertiary/aromatic N) is 1. The van der Waals surface area contributed by atoms with Gasteiger partial charge in [-0.25, -0.2) is 14.2 Å². The van der Waals surface area contributed by atoms with E-state index in [9.17, 15) is 14.0 Å². The lowest BCUT2D eigenvalue weighted by Gasteiger charge is -2.24. The third kappa shape index (κ3) is 7.15. The fourth-order valence-corrected chi connectivity index (χ4v) is 3.18. The number of methoxy groups -OCH3 is 1. The first kappa shape index (κ1) is 27.0. The predicted octanol–water partition coefficient (Wildman–Crippen LogP) is 4.36. The summed E-state index contributed by atoms with van der Waals surface area (Å²) < 4.78 is 24.2. The summed E-state index contributed by atoms with van der Waals surface area (Å²) in [5.74, 6) is -1.29. The molecule has 0 radical (unpaired) electrons. The Morgan fingerprint density at radius 1 is 1.12 bits per heavy atom. The molecule has 34 heavy (non-hydrogen) atoms. The van der Waals surface area contributed by atoms with Crippen LogP contribution in [0.4, 0.5) is 4.39 Å². The van der Waals surface area contributed by atoms with E-state index in [4.69, 9.17) is 19.2 Å². The summed E-state index contributed by atoms with van der Waals surface area (Å²) in [6.45, 7) is 11.2. The van der Waals surface area contributed by atoms with Crippen LogP contribution in [0.15, 0.2) is 30.5 Å². The minimum atomic E-state index is -0.964. The molecule has 0 aliphatic rings. The number of ether oxygens (including phenoxy) is 2. The molecular formula is C25H33FN2O6. The number of benzene rings is 1. The molecule has 0 fully saturated rings. The number of carbonyl (C=O) groups is 2. The molecule has 1 aromatic heterocycles. The van der Waals surface area contributed by atoms with Gasteiger partial charge in [-0.05, 0) is 49.9 Å². The maximum absolute atomic E-state index is 13.4. The van der Waals surface area contributed by atoms with Gasteiger partial charge in [-0.15, -0.1) is 0 Å². The maximum Gasteiger partial charge on any atom is 0.328 e. The fourth-order valence-electron chi connectivity index (χ4n) is 3.18. The second kappa shape index (κ2) is 12.3. The molecule has 0 unspecified atom stereocenters. The van der Waals surface area contributed by atoms with Crippen molar-refractivity contribution >= 4 is 11.9 Å². The molecule has 0 saturated heterocycles. The van der Waals surface area contributed by atoms with E-state index in [0.29, 0.717) is 6.61 Å². The molecule has 0 bridgehead atoms. The molecule has 1 N–H and O–H groups in total. The highest BCUT2D eigenvalue weighted by molar-refractivity contribution is 5.98. The number of amides is 1. The minimum absolute atomic E-state index is 0.0116. The lowest BCUT2D eigenvalue weighted by Crippen LogP contribution is -2.41. The van der Waals surface area contributed by atoms with Gasteiger partial charge in [0.25, 0.3) is 5.91 Å². The van der Waals surface area contributed by atoms with Crippen molar-refractivity contribution in [3.63, 3.8) is 0 Å². The molecule has 1 amide bonds. The second-order valence-electron chi connectivity index (χ2n) is 8.58. The molecule has 0 aliphatic carbocycles. The highest BCUT2D eigenvalue weighted by atomic mass is 19.1. The normalized spacial score (nSPS) is 13.7. The summed E-state index contributed by atoms with van der Waals surface area (Å²) in [5, 5.41) is 2.57. The van der Waals surface area contributed by atoms with E-state index in [-0.39, 0.29) is 34.8 Å². The number of carbonyl (C=O) groups excluding carboxylic acids is 2. The number of pyridine rings is 1. The van der Waals surface area contributed by atoms with Crippen molar-refractivity contribution in [1.29, 1.82) is 0 Å². The Hall–Kier alpha value is -3.20. The molecule has 186 valence electrons. The number of halogens is 1. The Bertz CT molecular complexity index is 997. The molecule has 2 aromatic rings. The number of rotatable bonds is 11. The lowest BCUT2D eigenvalue weighted by atomic mass is 9.92. The highest BCUT2D eigenvalue weighted by Crippen LogP contribution is 2.30. The Balaban J connectivity index is 2.06. The van der Waals surface area contributed by atoms with Crippen LogP contribution in [-0.2, 0) is 14.4 Å². The maximum atomic E-state index is 13.4. The number of aryl methyl sites for hydroxylation is 1. The van der Waals surface area contributed by atoms with Crippen LogP contribution in [0.1, 0.15) is 62.2 Å². The first-order valence-corrected chi connectivity index (χ1v) is 11.1. The van der Waals surface area contributed by atoms with Gasteiger partial charge < -0.3 is 19.7 Å². The molecular weight excluding hydrogens is 443 g/mol. The molecule has 2 rings (SSSR count). The Morgan fingerprint density at radius 2 is 1.82 bits per heavy atom. The SMILES string of the molecule is COc1ccnc(C(=O)N[C@@H](C)C(=O)O[C@@H](C)[C@@H](C)c2ccc(F)cc2C)c1OOCC(C)C. The number of aromatic nitrogens is 1. The fraction of sp³-hybridized carbons (Fsp3) is 0.480. The molecule has 1 heterocycles. The average molecular weight is 477 g/mol. The van der Waals surface area contributed by atoms with Crippen molar-refractivity contribution in [2.24, 2.45) is 5.92 Å². The van der Waals surface area contributed by atoms with Crippen molar-refractivity contribution in [3.8, 4) is 11.5 Å². The van der Waals surface area contributed by atoms with Crippen LogP contribution in [0.5, 0.6) is 11.5 Å². The van der Waals surface area contributed by atoms with E-state index in [1.54, 1.807) is 19.9 Å². The average Bonchev–Trinajstić information content (AvgIpc) is 2.78. The van der Waals surface area contributed by atoms with E-state index >= 15 is 0 Å². The van der Waals surface area contributed by atoms with Crippen molar-refractivity contribution < 1.29 is 33.2 Å². The molecule has 9 heteroatoms. The van der Waals surface area contributed by atoms with Crippen LogP contribution in [0.3, 0.4) is 0 Å². The van der Waals surface area contributed by atoms with Crippen LogP contribution in [0.25, 0.3) is 0 Å². The van der Waals surface area contributed by atoms with Gasteiger partial charge in [-0.1, -0.05) is 26.8 Å². The smallest absolute Gasteiger partial charge is 0.328 e. The summed E-state index contributed by atoms with van der Waals surface area (Å²) in [6.07, 6.45) is 0.884. The highest BCUT2D eigenvalue weighted by Gasteiger charge is 2.27. The van der Waals surface area contributed by atoms with Crippen LogP contribution < -0.4 is 14.9 Å². The summed E-state index contributed by atoms with van der Waals surface area (Å²) in [4.78, 5) is 40.1. The largest absolute Gasteiger partial charge is 0.493 e. The molecule has 1 aromatic carbocycles. The van der Waals surface area contributed by atoms with Gasteiger partial charge in [0.2, 0.25) is 5.75 Å². The standard InChI is InChI=1S/C25H33FN2O6/c1-14(2)13-32-34-23-21(31-7)10-11-27-22(23)24(29)28-17(5)25(30)33-18(6)16(4)20-9-8-19(26)12-15(20)3/h8-12,14,16-18H,13H2,1-7H3,(H,28,29)/t16-,17+,18+/m1/s1. The number of nitrogens with one attached hydrogen (secondary N) is 1. The van der Waals surface area contributed by atoms with Crippen LogP contribution in [0.2, 0.25) is 0 Å². The zero-order valence-corrected chi connectivity index (χ0v) is 20.7. The summed E-state index contributed by atoms with van der Waals surface area (Å²) in [6, 6.07) is 5.07. The van der Waals surface area contributed by atoms with Crippen LogP contribution >= 0.6 is 0 Å². The van der Waals surface area contributed by atoms with Crippen molar-refractivity contribution in [3.05, 3.63) is 53.1 Å².